The highest BCUT2D eigenvalue weighted by atomic mass is 16.5. The molecule has 0 spiro atoms. The van der Waals surface area contributed by atoms with E-state index in [1.54, 1.807) is 0 Å². The first-order valence-corrected chi connectivity index (χ1v) is 6.38. The highest BCUT2D eigenvalue weighted by Crippen LogP contribution is 2.16. The van der Waals surface area contributed by atoms with E-state index in [4.69, 9.17) is 9.47 Å². The van der Waals surface area contributed by atoms with Gasteiger partial charge in [-0.05, 0) is 20.4 Å². The van der Waals surface area contributed by atoms with Crippen molar-refractivity contribution in [3.63, 3.8) is 0 Å². The number of nitrogens with one attached hydrogen (secondary N) is 1. The molecule has 0 amide bonds. The molecule has 2 heterocycles. The maximum Gasteiger partial charge on any atom is 0.0673 e. The van der Waals surface area contributed by atoms with Gasteiger partial charge in [-0.25, -0.2) is 0 Å². The summed E-state index contributed by atoms with van der Waals surface area (Å²) < 4.78 is 11.2. The molecule has 2 aliphatic heterocycles. The fraction of sp³-hybridized carbons (Fsp3) is 1.00. The van der Waals surface area contributed by atoms with E-state index in [1.165, 1.54) is 0 Å². The van der Waals surface area contributed by atoms with E-state index in [1.807, 2.05) is 7.05 Å². The van der Waals surface area contributed by atoms with Crippen molar-refractivity contribution < 1.29 is 9.47 Å². The van der Waals surface area contributed by atoms with Crippen LogP contribution in [0.4, 0.5) is 0 Å². The van der Waals surface area contributed by atoms with Crippen molar-refractivity contribution in [2.45, 2.75) is 25.5 Å². The Morgan fingerprint density at radius 1 is 1.38 bits per heavy atom. The minimum Gasteiger partial charge on any atom is -0.379 e. The first-order chi connectivity index (χ1) is 7.79. The lowest BCUT2D eigenvalue weighted by molar-refractivity contribution is 0.0645. The Balaban J connectivity index is 1.82. The van der Waals surface area contributed by atoms with E-state index in [2.05, 4.69) is 17.1 Å². The second-order valence-electron chi connectivity index (χ2n) is 4.99. The molecule has 0 bridgehead atoms. The monoisotopic (exact) mass is 228 g/mol. The molecule has 0 aliphatic carbocycles. The fourth-order valence-electron chi connectivity index (χ4n) is 2.68. The summed E-state index contributed by atoms with van der Waals surface area (Å²) in [6.07, 6.45) is 1.53. The minimum atomic E-state index is 0.373. The Morgan fingerprint density at radius 2 is 2.25 bits per heavy atom. The highest BCUT2D eigenvalue weighted by Gasteiger charge is 2.29. The van der Waals surface area contributed by atoms with Crippen molar-refractivity contribution in [1.82, 2.24) is 10.2 Å². The van der Waals surface area contributed by atoms with Crippen LogP contribution in [0.1, 0.15) is 13.3 Å². The van der Waals surface area contributed by atoms with E-state index in [0.717, 1.165) is 45.9 Å². The van der Waals surface area contributed by atoms with Gasteiger partial charge in [-0.2, -0.15) is 0 Å². The summed E-state index contributed by atoms with van der Waals surface area (Å²) in [6.45, 7) is 8.20. The fourth-order valence-corrected chi connectivity index (χ4v) is 2.68. The Labute approximate surface area is 98.3 Å². The Bertz CT molecular complexity index is 213. The first-order valence-electron chi connectivity index (χ1n) is 6.38. The van der Waals surface area contributed by atoms with Gasteiger partial charge in [0, 0.05) is 38.2 Å². The molecule has 1 N–H and O–H groups in total. The molecule has 94 valence electrons. The van der Waals surface area contributed by atoms with Crippen LogP contribution in [0.15, 0.2) is 0 Å². The summed E-state index contributed by atoms with van der Waals surface area (Å²) in [4.78, 5) is 2.53. The van der Waals surface area contributed by atoms with E-state index < -0.39 is 0 Å². The lowest BCUT2D eigenvalue weighted by atomic mass is 10.0. The molecule has 3 unspecified atom stereocenters. The molecular weight excluding hydrogens is 204 g/mol. The third kappa shape index (κ3) is 3.17. The number of rotatable bonds is 3. The first kappa shape index (κ1) is 12.3. The quantitative estimate of drug-likeness (QED) is 0.755. The number of hydrogen-bond acceptors (Lipinski definition) is 4. The second-order valence-corrected chi connectivity index (χ2v) is 4.99. The topological polar surface area (TPSA) is 33.7 Å². The normalized spacial score (nSPS) is 37.5. The zero-order valence-corrected chi connectivity index (χ0v) is 10.4. The van der Waals surface area contributed by atoms with Crippen LogP contribution in [0, 0.1) is 5.92 Å². The lowest BCUT2D eigenvalue weighted by Gasteiger charge is -2.27. The van der Waals surface area contributed by atoms with Gasteiger partial charge in [0.2, 0.25) is 0 Å². The van der Waals surface area contributed by atoms with Crippen molar-refractivity contribution in [2.24, 2.45) is 5.92 Å². The van der Waals surface area contributed by atoms with Crippen molar-refractivity contribution in [2.75, 3.05) is 46.5 Å². The largest absolute Gasteiger partial charge is 0.379 e. The molecule has 0 saturated carbocycles. The van der Waals surface area contributed by atoms with Crippen LogP contribution < -0.4 is 5.32 Å². The van der Waals surface area contributed by atoms with Crippen LogP contribution in [0.2, 0.25) is 0 Å². The van der Waals surface area contributed by atoms with Gasteiger partial charge in [0.05, 0.1) is 19.3 Å². The molecule has 4 heteroatoms. The minimum absolute atomic E-state index is 0.373. The summed E-state index contributed by atoms with van der Waals surface area (Å²) in [6, 6.07) is 0.527. The van der Waals surface area contributed by atoms with Crippen molar-refractivity contribution in [3.8, 4) is 0 Å². The summed E-state index contributed by atoms with van der Waals surface area (Å²) in [5, 5.41) is 3.35. The molecular formula is C12H24N2O2. The average Bonchev–Trinajstić information content (AvgIpc) is 2.61. The van der Waals surface area contributed by atoms with Crippen molar-refractivity contribution in [1.29, 1.82) is 0 Å². The van der Waals surface area contributed by atoms with E-state index in [9.17, 15) is 0 Å². The molecule has 2 saturated heterocycles. The number of ether oxygens (including phenoxy) is 2. The average molecular weight is 228 g/mol. The van der Waals surface area contributed by atoms with Crippen LogP contribution in [-0.2, 0) is 9.47 Å². The molecule has 0 aromatic rings. The van der Waals surface area contributed by atoms with Crippen molar-refractivity contribution in [3.05, 3.63) is 0 Å². The summed E-state index contributed by atoms with van der Waals surface area (Å²) in [7, 11) is 2.03. The van der Waals surface area contributed by atoms with Gasteiger partial charge in [-0.3, -0.25) is 0 Å². The van der Waals surface area contributed by atoms with E-state index in [-0.39, 0.29) is 0 Å². The van der Waals surface area contributed by atoms with Gasteiger partial charge in [-0.15, -0.1) is 0 Å². The van der Waals surface area contributed by atoms with E-state index >= 15 is 0 Å². The SMILES string of the molecule is CNC1COCC1CN1CCCOC(C)C1. The molecule has 2 rings (SSSR count). The second kappa shape index (κ2) is 5.96. The van der Waals surface area contributed by atoms with E-state index in [0.29, 0.717) is 18.1 Å². The lowest BCUT2D eigenvalue weighted by Crippen LogP contribution is -2.42. The Morgan fingerprint density at radius 3 is 3.06 bits per heavy atom. The molecule has 16 heavy (non-hydrogen) atoms. The van der Waals surface area contributed by atoms with Gasteiger partial charge >= 0.3 is 0 Å². The highest BCUT2D eigenvalue weighted by molar-refractivity contribution is 4.83. The predicted octanol–water partition coefficient (Wildman–Crippen LogP) is 0.332. The number of hydrogen-bond donors (Lipinski definition) is 1. The zero-order chi connectivity index (χ0) is 11.4. The zero-order valence-electron chi connectivity index (χ0n) is 10.4. The van der Waals surface area contributed by atoms with Gasteiger partial charge in [0.1, 0.15) is 0 Å². The van der Waals surface area contributed by atoms with Gasteiger partial charge in [0.15, 0.2) is 0 Å². The Kier molecular flexibility index (Phi) is 4.58. The third-order valence-corrected chi connectivity index (χ3v) is 3.60. The van der Waals surface area contributed by atoms with Gasteiger partial charge < -0.3 is 19.7 Å². The van der Waals surface area contributed by atoms with Crippen LogP contribution in [0.25, 0.3) is 0 Å². The Hall–Kier alpha value is -0.160. The van der Waals surface area contributed by atoms with Gasteiger partial charge in [-0.1, -0.05) is 0 Å². The third-order valence-electron chi connectivity index (χ3n) is 3.60. The summed E-state index contributed by atoms with van der Waals surface area (Å²) >= 11 is 0. The van der Waals surface area contributed by atoms with Crippen LogP contribution >= 0.6 is 0 Å². The maximum atomic E-state index is 5.66. The maximum absolute atomic E-state index is 5.66. The molecule has 4 nitrogen and oxygen atoms in total. The van der Waals surface area contributed by atoms with Crippen LogP contribution in [-0.4, -0.2) is 63.5 Å². The molecule has 3 atom stereocenters. The molecule has 0 aromatic carbocycles. The molecule has 0 radical (unpaired) electrons. The number of nitrogens with zero attached hydrogens (tertiary/aromatic N) is 1. The summed E-state index contributed by atoms with van der Waals surface area (Å²) in [5.74, 6) is 0.635. The summed E-state index contributed by atoms with van der Waals surface area (Å²) in [5.41, 5.74) is 0. The molecule has 2 fully saturated rings. The molecule has 0 aromatic heterocycles. The van der Waals surface area contributed by atoms with Crippen LogP contribution in [0.5, 0.6) is 0 Å². The standard InChI is InChI=1S/C12H24N2O2/c1-10-6-14(4-3-5-16-10)7-11-8-15-9-12(11)13-2/h10-13H,3-9H2,1-2H3. The molecule has 2 aliphatic rings. The van der Waals surface area contributed by atoms with Crippen molar-refractivity contribution >= 4 is 0 Å². The van der Waals surface area contributed by atoms with Gasteiger partial charge in [0.25, 0.3) is 0 Å². The van der Waals surface area contributed by atoms with Crippen LogP contribution in [0.3, 0.4) is 0 Å². The predicted molar refractivity (Wildman–Crippen MR) is 63.6 cm³/mol. The smallest absolute Gasteiger partial charge is 0.0673 e. The number of likely N-dealkylation sites (N-methyl/N-ethyl adjacent to an activating group) is 1.